The Morgan fingerprint density at radius 1 is 1.21 bits per heavy atom. The summed E-state index contributed by atoms with van der Waals surface area (Å²) in [6.45, 7) is 8.43. The smallest absolute Gasteiger partial charge is 0.231 e. The first-order chi connectivity index (χ1) is 11.6. The van der Waals surface area contributed by atoms with Crippen molar-refractivity contribution in [2.45, 2.75) is 26.3 Å². The van der Waals surface area contributed by atoms with Crippen LogP contribution in [0.3, 0.4) is 0 Å². The summed E-state index contributed by atoms with van der Waals surface area (Å²) in [5, 5.41) is 3.10. The first kappa shape index (κ1) is 17.0. The van der Waals surface area contributed by atoms with Gasteiger partial charge in [0.15, 0.2) is 11.5 Å². The van der Waals surface area contributed by atoms with Crippen molar-refractivity contribution in [3.63, 3.8) is 0 Å². The molecular weight excluding hydrogens is 308 g/mol. The fourth-order valence-corrected chi connectivity index (χ4v) is 3.27. The van der Waals surface area contributed by atoms with Gasteiger partial charge in [0.1, 0.15) is 19.1 Å². The number of fused-ring (bicyclic) bond motifs is 1. The van der Waals surface area contributed by atoms with Gasteiger partial charge in [0.2, 0.25) is 12.7 Å². The van der Waals surface area contributed by atoms with Gasteiger partial charge in [-0.2, -0.15) is 0 Å². The van der Waals surface area contributed by atoms with Gasteiger partial charge in [-0.1, -0.05) is 13.8 Å². The zero-order valence-electron chi connectivity index (χ0n) is 14.5. The normalized spacial score (nSPS) is 18.6. The Hall–Kier alpha value is -1.79. The highest BCUT2D eigenvalue weighted by atomic mass is 16.7. The first-order valence-electron chi connectivity index (χ1n) is 8.72. The zero-order chi connectivity index (χ0) is 16.9. The molecule has 1 amide bonds. The molecule has 1 saturated heterocycles. The number of carbonyl (C=O) groups excluding carboxylic acids is 1. The fourth-order valence-electron chi connectivity index (χ4n) is 3.27. The summed E-state index contributed by atoms with van der Waals surface area (Å²) < 4.78 is 16.4. The molecule has 0 radical (unpaired) electrons. The Balaban J connectivity index is 1.73. The topological polar surface area (TPSA) is 61.2 Å². The highest BCUT2D eigenvalue weighted by Crippen LogP contribution is 2.33. The number of carbonyl (C=O) groups is 1. The van der Waals surface area contributed by atoms with Crippen LogP contribution in [0.15, 0.2) is 18.2 Å². The van der Waals surface area contributed by atoms with Crippen molar-refractivity contribution in [3.8, 4) is 11.5 Å². The molecule has 3 rings (SSSR count). The Morgan fingerprint density at radius 3 is 2.71 bits per heavy atom. The van der Waals surface area contributed by atoms with Crippen LogP contribution in [-0.2, 0) is 9.53 Å². The van der Waals surface area contributed by atoms with Crippen LogP contribution < -0.4 is 19.7 Å². The van der Waals surface area contributed by atoms with Crippen molar-refractivity contribution in [2.75, 3.05) is 39.6 Å². The summed E-state index contributed by atoms with van der Waals surface area (Å²) >= 11 is 0. The molecule has 1 fully saturated rings. The molecule has 2 aliphatic heterocycles. The molecule has 1 atom stereocenters. The number of nitrogens with one attached hydrogen (secondary N) is 2. The minimum atomic E-state index is 0.114. The van der Waals surface area contributed by atoms with E-state index in [1.54, 1.807) is 0 Å². The Kier molecular flexibility index (Phi) is 5.58. The van der Waals surface area contributed by atoms with E-state index >= 15 is 0 Å². The maximum absolute atomic E-state index is 12.1. The summed E-state index contributed by atoms with van der Waals surface area (Å²) in [7, 11) is 0. The first-order valence-corrected chi connectivity index (χ1v) is 8.72. The van der Waals surface area contributed by atoms with Crippen molar-refractivity contribution >= 4 is 5.91 Å². The molecule has 2 N–H and O–H groups in total. The van der Waals surface area contributed by atoms with E-state index < -0.39 is 0 Å². The summed E-state index contributed by atoms with van der Waals surface area (Å²) in [6, 6.07) is 6.28. The van der Waals surface area contributed by atoms with Gasteiger partial charge < -0.3 is 24.4 Å². The van der Waals surface area contributed by atoms with E-state index in [0.29, 0.717) is 18.9 Å². The van der Waals surface area contributed by atoms with Crippen LogP contribution in [0.1, 0.15) is 31.9 Å². The largest absolute Gasteiger partial charge is 0.454 e. The average molecular weight is 335 g/mol. The number of rotatable bonds is 6. The Morgan fingerprint density at radius 2 is 1.96 bits per heavy atom. The van der Waals surface area contributed by atoms with Crippen LogP contribution in [0.2, 0.25) is 0 Å². The molecule has 0 bridgehead atoms. The second kappa shape index (κ2) is 7.85. The fraction of sp³-hybridized carbons (Fsp3) is 0.611. The van der Waals surface area contributed by atoms with Gasteiger partial charge in [-0.15, -0.1) is 0 Å². The highest BCUT2D eigenvalue weighted by molar-refractivity contribution is 5.76. The van der Waals surface area contributed by atoms with Crippen LogP contribution >= 0.6 is 0 Å². The molecule has 0 spiro atoms. The molecule has 1 aromatic carbocycles. The number of morpholine rings is 1. The van der Waals surface area contributed by atoms with E-state index in [1.165, 1.54) is 10.5 Å². The van der Waals surface area contributed by atoms with Crippen molar-refractivity contribution in [1.82, 2.24) is 5.32 Å². The third kappa shape index (κ3) is 4.19. The molecule has 0 aliphatic carbocycles. The van der Waals surface area contributed by atoms with Crippen LogP contribution in [0.4, 0.5) is 0 Å². The lowest BCUT2D eigenvalue weighted by molar-refractivity contribution is -0.937. The third-order valence-electron chi connectivity index (χ3n) is 4.52. The number of quaternary nitrogens is 1. The molecule has 6 heteroatoms. The minimum absolute atomic E-state index is 0.114. The number of hydrogen-bond acceptors (Lipinski definition) is 4. The summed E-state index contributed by atoms with van der Waals surface area (Å²) in [5.74, 6) is 2.06. The second-order valence-electron chi connectivity index (χ2n) is 6.84. The van der Waals surface area contributed by atoms with Crippen molar-refractivity contribution in [3.05, 3.63) is 23.8 Å². The lowest BCUT2D eigenvalue weighted by Gasteiger charge is -2.32. The van der Waals surface area contributed by atoms with E-state index in [9.17, 15) is 4.79 Å². The lowest BCUT2D eigenvalue weighted by atomic mass is 10.0. The van der Waals surface area contributed by atoms with E-state index in [0.717, 1.165) is 37.8 Å². The van der Waals surface area contributed by atoms with Crippen LogP contribution in [-0.4, -0.2) is 45.5 Å². The SMILES string of the molecule is CC(C)CC(=O)NC[C@H](c1ccc2c(c1)OCO2)[NH+]1CCOCC1. The molecule has 0 saturated carbocycles. The molecule has 0 aromatic heterocycles. The van der Waals surface area contributed by atoms with E-state index in [4.69, 9.17) is 14.2 Å². The Bertz CT molecular complexity index is 570. The van der Waals surface area contributed by atoms with Crippen molar-refractivity contribution in [2.24, 2.45) is 5.92 Å². The van der Waals surface area contributed by atoms with Gasteiger partial charge in [-0.3, -0.25) is 4.79 Å². The number of benzene rings is 1. The summed E-state index contributed by atoms with van der Waals surface area (Å²) in [4.78, 5) is 13.5. The molecule has 2 aliphatic rings. The summed E-state index contributed by atoms with van der Waals surface area (Å²) in [6.07, 6.45) is 0.562. The number of hydrogen-bond donors (Lipinski definition) is 2. The summed E-state index contributed by atoms with van der Waals surface area (Å²) in [5.41, 5.74) is 1.17. The maximum Gasteiger partial charge on any atom is 0.231 e. The molecule has 132 valence electrons. The number of amides is 1. The molecule has 0 unspecified atom stereocenters. The Labute approximate surface area is 143 Å². The third-order valence-corrected chi connectivity index (χ3v) is 4.52. The maximum atomic E-state index is 12.1. The molecule has 2 heterocycles. The van der Waals surface area contributed by atoms with Gasteiger partial charge in [-0.05, 0) is 24.1 Å². The molecule has 6 nitrogen and oxygen atoms in total. The van der Waals surface area contributed by atoms with Crippen molar-refractivity contribution < 1.29 is 23.9 Å². The van der Waals surface area contributed by atoms with Crippen LogP contribution in [0.5, 0.6) is 11.5 Å². The standard InChI is InChI=1S/C18H26N2O4/c1-13(2)9-18(21)19-11-15(20-5-7-22-8-6-20)14-3-4-16-17(10-14)24-12-23-16/h3-4,10,13,15H,5-9,11-12H2,1-2H3,(H,19,21)/p+1/t15-/m1/s1. The monoisotopic (exact) mass is 335 g/mol. The van der Waals surface area contributed by atoms with Crippen LogP contribution in [0.25, 0.3) is 0 Å². The van der Waals surface area contributed by atoms with E-state index in [-0.39, 0.29) is 18.7 Å². The molecule has 1 aromatic rings. The van der Waals surface area contributed by atoms with E-state index in [1.807, 2.05) is 12.1 Å². The van der Waals surface area contributed by atoms with Gasteiger partial charge in [-0.25, -0.2) is 0 Å². The molecular formula is C18H27N2O4+. The lowest BCUT2D eigenvalue weighted by Crippen LogP contribution is -3.15. The highest BCUT2D eigenvalue weighted by Gasteiger charge is 2.28. The molecule has 24 heavy (non-hydrogen) atoms. The predicted molar refractivity (Wildman–Crippen MR) is 89.3 cm³/mol. The van der Waals surface area contributed by atoms with Gasteiger partial charge in [0.25, 0.3) is 0 Å². The predicted octanol–water partition coefficient (Wildman–Crippen LogP) is 0.534. The quantitative estimate of drug-likeness (QED) is 0.796. The van der Waals surface area contributed by atoms with Crippen molar-refractivity contribution in [1.29, 1.82) is 0 Å². The van der Waals surface area contributed by atoms with Gasteiger partial charge in [0.05, 0.1) is 19.8 Å². The second-order valence-corrected chi connectivity index (χ2v) is 6.84. The van der Waals surface area contributed by atoms with Gasteiger partial charge in [0, 0.05) is 12.0 Å². The number of ether oxygens (including phenoxy) is 3. The minimum Gasteiger partial charge on any atom is -0.454 e. The average Bonchev–Trinajstić information content (AvgIpc) is 3.03. The van der Waals surface area contributed by atoms with E-state index in [2.05, 4.69) is 25.2 Å². The van der Waals surface area contributed by atoms with Gasteiger partial charge >= 0.3 is 0 Å². The zero-order valence-corrected chi connectivity index (χ0v) is 14.5. The van der Waals surface area contributed by atoms with Crippen LogP contribution in [0, 0.1) is 5.92 Å².